The molecule has 0 aliphatic carbocycles. The van der Waals surface area contributed by atoms with Crippen LogP contribution in [0.5, 0.6) is 5.75 Å². The molecule has 0 unspecified atom stereocenters. The fourth-order valence-electron chi connectivity index (χ4n) is 3.32. The number of likely N-dealkylation sites (tertiary alicyclic amines) is 1. The molecule has 0 aromatic heterocycles. The molecular weight excluding hydrogens is 367 g/mol. The van der Waals surface area contributed by atoms with Gasteiger partial charge < -0.3 is 10.1 Å². The second-order valence-electron chi connectivity index (χ2n) is 6.85. The highest BCUT2D eigenvalue weighted by atomic mass is 35.5. The van der Waals surface area contributed by atoms with Crippen molar-refractivity contribution in [2.75, 3.05) is 20.2 Å². The van der Waals surface area contributed by atoms with E-state index in [0.29, 0.717) is 23.7 Å². The number of ether oxygens (including phenoxy) is 1. The van der Waals surface area contributed by atoms with Gasteiger partial charge in [0.15, 0.2) is 0 Å². The third-order valence-electron chi connectivity index (χ3n) is 4.99. The summed E-state index contributed by atoms with van der Waals surface area (Å²) in [4.78, 5) is 14.6. The van der Waals surface area contributed by atoms with Gasteiger partial charge in [-0.05, 0) is 55.8 Å². The van der Waals surface area contributed by atoms with E-state index < -0.39 is 0 Å². The molecule has 1 heterocycles. The fourth-order valence-corrected chi connectivity index (χ4v) is 3.48. The molecule has 144 valence electrons. The summed E-state index contributed by atoms with van der Waals surface area (Å²) in [6.07, 6.45) is 1.56. The SMILES string of the molecule is COc1ccc(CNC(=O)C2CCN(Cc3ccc(Cl)cc3F)CC2)cc1. The second kappa shape index (κ2) is 9.20. The Balaban J connectivity index is 1.44. The minimum absolute atomic E-state index is 0.00885. The molecule has 2 aromatic carbocycles. The first kappa shape index (κ1) is 19.6. The number of piperidine rings is 1. The molecule has 0 saturated carbocycles. The van der Waals surface area contributed by atoms with E-state index in [-0.39, 0.29) is 17.6 Å². The highest BCUT2D eigenvalue weighted by Gasteiger charge is 2.25. The van der Waals surface area contributed by atoms with Crippen LogP contribution in [0.1, 0.15) is 24.0 Å². The number of hydrogen-bond acceptors (Lipinski definition) is 3. The van der Waals surface area contributed by atoms with Gasteiger partial charge in [-0.25, -0.2) is 4.39 Å². The second-order valence-corrected chi connectivity index (χ2v) is 7.29. The first-order valence-electron chi connectivity index (χ1n) is 9.12. The molecule has 1 amide bonds. The Hall–Kier alpha value is -2.11. The van der Waals surface area contributed by atoms with E-state index in [0.717, 1.165) is 37.2 Å². The summed E-state index contributed by atoms with van der Waals surface area (Å²) in [5.41, 5.74) is 1.68. The number of rotatable bonds is 6. The van der Waals surface area contributed by atoms with Crippen molar-refractivity contribution in [1.82, 2.24) is 10.2 Å². The summed E-state index contributed by atoms with van der Waals surface area (Å²) in [5, 5.41) is 3.42. The molecule has 1 N–H and O–H groups in total. The normalized spacial score (nSPS) is 15.5. The van der Waals surface area contributed by atoms with Crippen molar-refractivity contribution in [2.45, 2.75) is 25.9 Å². The Morgan fingerprint density at radius 1 is 1.22 bits per heavy atom. The highest BCUT2D eigenvalue weighted by Crippen LogP contribution is 2.22. The molecule has 0 bridgehead atoms. The van der Waals surface area contributed by atoms with Crippen LogP contribution in [0.2, 0.25) is 5.02 Å². The van der Waals surface area contributed by atoms with E-state index in [4.69, 9.17) is 16.3 Å². The Morgan fingerprint density at radius 2 is 1.93 bits per heavy atom. The van der Waals surface area contributed by atoms with Crippen molar-refractivity contribution >= 4 is 17.5 Å². The van der Waals surface area contributed by atoms with Gasteiger partial charge in [0.1, 0.15) is 11.6 Å². The molecule has 0 spiro atoms. The minimum Gasteiger partial charge on any atom is -0.497 e. The first-order chi connectivity index (χ1) is 13.0. The maximum Gasteiger partial charge on any atom is 0.223 e. The van der Waals surface area contributed by atoms with Crippen LogP contribution < -0.4 is 10.1 Å². The molecule has 0 atom stereocenters. The van der Waals surface area contributed by atoms with Crippen molar-refractivity contribution in [3.8, 4) is 5.75 Å². The molecule has 3 rings (SSSR count). The average Bonchev–Trinajstić information content (AvgIpc) is 2.69. The lowest BCUT2D eigenvalue weighted by atomic mass is 9.95. The van der Waals surface area contributed by atoms with Crippen LogP contribution in [-0.4, -0.2) is 31.0 Å². The van der Waals surface area contributed by atoms with Crippen molar-refractivity contribution in [1.29, 1.82) is 0 Å². The van der Waals surface area contributed by atoms with Crippen LogP contribution >= 0.6 is 11.6 Å². The van der Waals surface area contributed by atoms with E-state index in [1.54, 1.807) is 19.2 Å². The van der Waals surface area contributed by atoms with E-state index in [9.17, 15) is 9.18 Å². The topological polar surface area (TPSA) is 41.6 Å². The number of carbonyl (C=O) groups excluding carboxylic acids is 1. The zero-order valence-corrected chi connectivity index (χ0v) is 16.1. The number of halogens is 2. The van der Waals surface area contributed by atoms with Crippen molar-refractivity contribution in [2.24, 2.45) is 5.92 Å². The number of nitrogens with zero attached hydrogens (tertiary/aromatic N) is 1. The molecule has 27 heavy (non-hydrogen) atoms. The zero-order valence-electron chi connectivity index (χ0n) is 15.4. The fraction of sp³-hybridized carbons (Fsp3) is 0.381. The van der Waals surface area contributed by atoms with Gasteiger partial charge in [0, 0.05) is 29.6 Å². The van der Waals surface area contributed by atoms with Crippen LogP contribution in [0.25, 0.3) is 0 Å². The summed E-state index contributed by atoms with van der Waals surface area (Å²) >= 11 is 5.80. The molecule has 1 aliphatic rings. The Morgan fingerprint density at radius 3 is 2.56 bits per heavy atom. The number of benzene rings is 2. The first-order valence-corrected chi connectivity index (χ1v) is 9.50. The Bertz CT molecular complexity index is 774. The predicted octanol–water partition coefficient (Wildman–Crippen LogP) is 4.02. The van der Waals surface area contributed by atoms with Gasteiger partial charge >= 0.3 is 0 Å². The summed E-state index contributed by atoms with van der Waals surface area (Å²) in [5.74, 6) is 0.620. The van der Waals surface area contributed by atoms with E-state index in [2.05, 4.69) is 10.2 Å². The Kier molecular flexibility index (Phi) is 6.69. The average molecular weight is 391 g/mol. The lowest BCUT2D eigenvalue weighted by Crippen LogP contribution is -2.40. The van der Waals surface area contributed by atoms with Crippen molar-refractivity contribution in [3.63, 3.8) is 0 Å². The zero-order chi connectivity index (χ0) is 19.2. The lowest BCUT2D eigenvalue weighted by Gasteiger charge is -2.31. The van der Waals surface area contributed by atoms with Crippen LogP contribution in [0, 0.1) is 11.7 Å². The van der Waals surface area contributed by atoms with Gasteiger partial charge in [0.05, 0.1) is 7.11 Å². The summed E-state index contributed by atoms with van der Waals surface area (Å²) in [6, 6.07) is 12.4. The smallest absolute Gasteiger partial charge is 0.223 e. The predicted molar refractivity (Wildman–Crippen MR) is 104 cm³/mol. The lowest BCUT2D eigenvalue weighted by molar-refractivity contribution is -0.126. The molecule has 1 fully saturated rings. The van der Waals surface area contributed by atoms with E-state index in [1.807, 2.05) is 24.3 Å². The van der Waals surface area contributed by atoms with Crippen LogP contribution in [0.4, 0.5) is 4.39 Å². The summed E-state index contributed by atoms with van der Waals surface area (Å²) in [6.45, 7) is 2.62. The molecule has 1 saturated heterocycles. The number of methoxy groups -OCH3 is 1. The monoisotopic (exact) mass is 390 g/mol. The number of amides is 1. The molecular formula is C21H24ClFN2O2. The van der Waals surface area contributed by atoms with Gasteiger partial charge in [0.25, 0.3) is 0 Å². The third-order valence-corrected chi connectivity index (χ3v) is 5.23. The standard InChI is InChI=1S/C21H24ClFN2O2/c1-27-19-6-2-15(3-7-19)13-24-21(26)16-8-10-25(11-9-16)14-17-4-5-18(22)12-20(17)23/h2-7,12,16H,8-11,13-14H2,1H3,(H,24,26). The molecule has 2 aromatic rings. The maximum atomic E-state index is 13.9. The van der Waals surface area contributed by atoms with Crippen LogP contribution in [0.15, 0.2) is 42.5 Å². The minimum atomic E-state index is -0.276. The maximum absolute atomic E-state index is 13.9. The number of hydrogen-bond donors (Lipinski definition) is 1. The highest BCUT2D eigenvalue weighted by molar-refractivity contribution is 6.30. The van der Waals surface area contributed by atoms with Crippen LogP contribution in [0.3, 0.4) is 0 Å². The van der Waals surface area contributed by atoms with Crippen LogP contribution in [-0.2, 0) is 17.9 Å². The van der Waals surface area contributed by atoms with Gasteiger partial charge in [0.2, 0.25) is 5.91 Å². The van der Waals surface area contributed by atoms with E-state index >= 15 is 0 Å². The van der Waals surface area contributed by atoms with Gasteiger partial charge in [-0.1, -0.05) is 29.8 Å². The summed E-state index contributed by atoms with van der Waals surface area (Å²) < 4.78 is 19.1. The quantitative estimate of drug-likeness (QED) is 0.810. The van der Waals surface area contributed by atoms with Crippen molar-refractivity contribution < 1.29 is 13.9 Å². The Labute approximate surface area is 164 Å². The van der Waals surface area contributed by atoms with Gasteiger partial charge in [-0.15, -0.1) is 0 Å². The van der Waals surface area contributed by atoms with E-state index in [1.165, 1.54) is 6.07 Å². The van der Waals surface area contributed by atoms with Gasteiger partial charge in [-0.3, -0.25) is 9.69 Å². The number of nitrogens with one attached hydrogen (secondary N) is 1. The molecule has 4 nitrogen and oxygen atoms in total. The summed E-state index contributed by atoms with van der Waals surface area (Å²) in [7, 11) is 1.63. The largest absolute Gasteiger partial charge is 0.497 e. The molecule has 6 heteroatoms. The van der Waals surface area contributed by atoms with Gasteiger partial charge in [-0.2, -0.15) is 0 Å². The molecule has 0 radical (unpaired) electrons. The van der Waals surface area contributed by atoms with Crippen molar-refractivity contribution in [3.05, 3.63) is 64.4 Å². The number of carbonyl (C=O) groups is 1. The molecule has 1 aliphatic heterocycles. The third kappa shape index (κ3) is 5.44.